The lowest BCUT2D eigenvalue weighted by Gasteiger charge is -2.23. The first-order chi connectivity index (χ1) is 10.5. The Labute approximate surface area is 131 Å². The molecule has 1 amide bonds. The van der Waals surface area contributed by atoms with E-state index in [1.54, 1.807) is 10.9 Å². The second-order valence-electron chi connectivity index (χ2n) is 6.37. The van der Waals surface area contributed by atoms with Gasteiger partial charge in [0.15, 0.2) is 0 Å². The van der Waals surface area contributed by atoms with Gasteiger partial charge in [-0.2, -0.15) is 5.10 Å². The van der Waals surface area contributed by atoms with E-state index in [0.717, 1.165) is 18.4 Å². The Morgan fingerprint density at radius 3 is 2.64 bits per heavy atom. The second-order valence-corrected chi connectivity index (χ2v) is 6.37. The van der Waals surface area contributed by atoms with E-state index in [4.69, 9.17) is 0 Å². The zero-order chi connectivity index (χ0) is 15.7. The number of hydrogen-bond donors (Lipinski definition) is 0. The summed E-state index contributed by atoms with van der Waals surface area (Å²) in [6, 6.07) is 6.89. The van der Waals surface area contributed by atoms with Gasteiger partial charge in [-0.3, -0.25) is 9.48 Å². The fraction of sp³-hybridized carbons (Fsp3) is 0.444. The Bertz CT molecular complexity index is 685. The quantitative estimate of drug-likeness (QED) is 0.851. The van der Waals surface area contributed by atoms with Gasteiger partial charge in [-0.1, -0.05) is 18.2 Å². The minimum absolute atomic E-state index is 0.203. The minimum Gasteiger partial charge on any atom is -0.335 e. The molecule has 0 bridgehead atoms. The number of aryl methyl sites for hydroxylation is 3. The van der Waals surface area contributed by atoms with E-state index in [1.165, 1.54) is 16.7 Å². The average Bonchev–Trinajstić information content (AvgIpc) is 3.23. The van der Waals surface area contributed by atoms with Gasteiger partial charge < -0.3 is 4.90 Å². The first kappa shape index (κ1) is 14.8. The maximum atomic E-state index is 12.6. The number of carbonyl (C=O) groups is 1. The summed E-state index contributed by atoms with van der Waals surface area (Å²) < 4.78 is 1.74. The topological polar surface area (TPSA) is 38.1 Å². The number of nitrogens with zero attached hydrogens (tertiary/aromatic N) is 3. The van der Waals surface area contributed by atoms with Crippen molar-refractivity contribution in [3.05, 3.63) is 52.8 Å². The zero-order valence-corrected chi connectivity index (χ0v) is 13.5. The van der Waals surface area contributed by atoms with Gasteiger partial charge >= 0.3 is 0 Å². The Kier molecular flexibility index (Phi) is 4.01. The number of rotatable bonds is 5. The van der Waals surface area contributed by atoms with Crippen molar-refractivity contribution in [3.63, 3.8) is 0 Å². The van der Waals surface area contributed by atoms with Gasteiger partial charge in [0.1, 0.15) is 0 Å². The molecule has 116 valence electrons. The van der Waals surface area contributed by atoms with Crippen LogP contribution in [-0.2, 0) is 24.8 Å². The molecule has 1 aromatic carbocycles. The van der Waals surface area contributed by atoms with Crippen LogP contribution in [0.1, 0.15) is 35.1 Å². The van der Waals surface area contributed by atoms with Crippen LogP contribution in [0.4, 0.5) is 0 Å². The van der Waals surface area contributed by atoms with Crippen LogP contribution in [0.25, 0.3) is 0 Å². The summed E-state index contributed by atoms with van der Waals surface area (Å²) in [5.74, 6) is 0.203. The van der Waals surface area contributed by atoms with E-state index in [0.29, 0.717) is 19.0 Å². The third kappa shape index (κ3) is 3.38. The van der Waals surface area contributed by atoms with Gasteiger partial charge in [0, 0.05) is 25.8 Å². The first-order valence-corrected chi connectivity index (χ1v) is 7.86. The second kappa shape index (κ2) is 5.95. The van der Waals surface area contributed by atoms with Crippen molar-refractivity contribution in [2.24, 2.45) is 7.05 Å². The van der Waals surface area contributed by atoms with Gasteiger partial charge in [0.05, 0.1) is 12.6 Å². The molecule has 1 aliphatic carbocycles. The summed E-state index contributed by atoms with van der Waals surface area (Å²) in [5, 5.41) is 4.14. The monoisotopic (exact) mass is 297 g/mol. The standard InChI is InChI=1S/C18H23N3O/c1-13-4-5-15(8-14(13)2)12-21(17-6-7-17)18(22)9-16-10-19-20(3)11-16/h4-5,8,10-11,17H,6-7,9,12H2,1-3H3. The van der Waals surface area contributed by atoms with Crippen molar-refractivity contribution in [2.45, 2.75) is 45.7 Å². The van der Waals surface area contributed by atoms with Crippen LogP contribution in [0.3, 0.4) is 0 Å². The highest BCUT2D eigenvalue weighted by Gasteiger charge is 2.32. The van der Waals surface area contributed by atoms with Crippen molar-refractivity contribution < 1.29 is 4.79 Å². The lowest BCUT2D eigenvalue weighted by Crippen LogP contribution is -2.33. The summed E-state index contributed by atoms with van der Waals surface area (Å²) in [4.78, 5) is 14.7. The molecule has 1 heterocycles. The van der Waals surface area contributed by atoms with E-state index in [1.807, 2.05) is 18.1 Å². The fourth-order valence-corrected chi connectivity index (χ4v) is 2.75. The molecule has 0 radical (unpaired) electrons. The van der Waals surface area contributed by atoms with E-state index in [2.05, 4.69) is 37.1 Å². The van der Waals surface area contributed by atoms with Crippen LogP contribution in [0, 0.1) is 13.8 Å². The van der Waals surface area contributed by atoms with Gasteiger partial charge in [-0.15, -0.1) is 0 Å². The highest BCUT2D eigenvalue weighted by molar-refractivity contribution is 5.79. The number of benzene rings is 1. The predicted molar refractivity (Wildman–Crippen MR) is 86.4 cm³/mol. The van der Waals surface area contributed by atoms with Crippen LogP contribution in [0.2, 0.25) is 0 Å². The van der Waals surface area contributed by atoms with Crippen molar-refractivity contribution in [2.75, 3.05) is 0 Å². The summed E-state index contributed by atoms with van der Waals surface area (Å²) in [6.45, 7) is 4.95. The molecule has 1 fully saturated rings. The molecule has 0 aliphatic heterocycles. The number of amides is 1. The molecular formula is C18H23N3O. The third-order valence-corrected chi connectivity index (χ3v) is 4.35. The van der Waals surface area contributed by atoms with Gasteiger partial charge in [0.25, 0.3) is 0 Å². The van der Waals surface area contributed by atoms with Crippen molar-refractivity contribution >= 4 is 5.91 Å². The van der Waals surface area contributed by atoms with Crippen LogP contribution in [0.5, 0.6) is 0 Å². The number of aromatic nitrogens is 2. The highest BCUT2D eigenvalue weighted by atomic mass is 16.2. The van der Waals surface area contributed by atoms with Crippen molar-refractivity contribution in [3.8, 4) is 0 Å². The Hall–Kier alpha value is -2.10. The summed E-state index contributed by atoms with van der Waals surface area (Å²) in [7, 11) is 1.88. The third-order valence-electron chi connectivity index (χ3n) is 4.35. The lowest BCUT2D eigenvalue weighted by molar-refractivity contribution is -0.131. The molecule has 0 spiro atoms. The maximum Gasteiger partial charge on any atom is 0.227 e. The molecule has 0 unspecified atom stereocenters. The van der Waals surface area contributed by atoms with Crippen LogP contribution in [0.15, 0.2) is 30.6 Å². The van der Waals surface area contributed by atoms with Crippen molar-refractivity contribution in [1.29, 1.82) is 0 Å². The summed E-state index contributed by atoms with van der Waals surface area (Å²) in [5.41, 5.74) is 4.78. The van der Waals surface area contributed by atoms with Crippen molar-refractivity contribution in [1.82, 2.24) is 14.7 Å². The molecule has 2 aromatic rings. The molecule has 1 saturated carbocycles. The summed E-state index contributed by atoms with van der Waals surface area (Å²) >= 11 is 0. The average molecular weight is 297 g/mol. The Morgan fingerprint density at radius 1 is 1.27 bits per heavy atom. The van der Waals surface area contributed by atoms with Crippen LogP contribution in [-0.4, -0.2) is 26.6 Å². The largest absolute Gasteiger partial charge is 0.335 e. The molecule has 3 rings (SSSR count). The van der Waals surface area contributed by atoms with Crippen LogP contribution >= 0.6 is 0 Å². The number of hydrogen-bond acceptors (Lipinski definition) is 2. The Morgan fingerprint density at radius 2 is 2.05 bits per heavy atom. The molecule has 0 saturated heterocycles. The summed E-state index contributed by atoms with van der Waals surface area (Å²) in [6.07, 6.45) is 6.39. The smallest absolute Gasteiger partial charge is 0.227 e. The maximum absolute atomic E-state index is 12.6. The van der Waals surface area contributed by atoms with Gasteiger partial charge in [-0.25, -0.2) is 0 Å². The molecule has 1 aliphatic rings. The van der Waals surface area contributed by atoms with Crippen LogP contribution < -0.4 is 0 Å². The van der Waals surface area contributed by atoms with E-state index < -0.39 is 0 Å². The first-order valence-electron chi connectivity index (χ1n) is 7.86. The number of carbonyl (C=O) groups excluding carboxylic acids is 1. The molecule has 0 atom stereocenters. The molecule has 0 N–H and O–H groups in total. The van der Waals surface area contributed by atoms with E-state index in [-0.39, 0.29) is 5.91 Å². The molecule has 4 heteroatoms. The predicted octanol–water partition coefficient (Wildman–Crippen LogP) is 2.77. The lowest BCUT2D eigenvalue weighted by atomic mass is 10.1. The highest BCUT2D eigenvalue weighted by Crippen LogP contribution is 2.29. The van der Waals surface area contributed by atoms with Gasteiger partial charge in [-0.05, 0) is 48.9 Å². The normalized spacial score (nSPS) is 14.1. The Balaban J connectivity index is 1.72. The van der Waals surface area contributed by atoms with Gasteiger partial charge in [0.2, 0.25) is 5.91 Å². The van der Waals surface area contributed by atoms with E-state index >= 15 is 0 Å². The van der Waals surface area contributed by atoms with E-state index in [9.17, 15) is 4.79 Å². The zero-order valence-electron chi connectivity index (χ0n) is 13.5. The SMILES string of the molecule is Cc1ccc(CN(C(=O)Cc2cnn(C)c2)C2CC2)cc1C. The molecular weight excluding hydrogens is 274 g/mol. The fourth-order valence-electron chi connectivity index (χ4n) is 2.75. The molecule has 4 nitrogen and oxygen atoms in total. The molecule has 22 heavy (non-hydrogen) atoms. The molecule has 1 aromatic heterocycles. The minimum atomic E-state index is 0.203.